The van der Waals surface area contributed by atoms with Crippen molar-refractivity contribution in [3.05, 3.63) is 42.0 Å². The fourth-order valence-electron chi connectivity index (χ4n) is 1.28. The van der Waals surface area contributed by atoms with Crippen molar-refractivity contribution in [1.29, 1.82) is 0 Å². The molecule has 0 aliphatic rings. The van der Waals surface area contributed by atoms with Gasteiger partial charge < -0.3 is 10.5 Å². The molecule has 70 valence electrons. The predicted octanol–water partition coefficient (Wildman–Crippen LogP) is 2.19. The van der Waals surface area contributed by atoms with E-state index in [1.807, 2.05) is 25.1 Å². The Hall–Kier alpha value is -1.28. The van der Waals surface area contributed by atoms with Crippen molar-refractivity contribution in [2.24, 2.45) is 5.73 Å². The van der Waals surface area contributed by atoms with E-state index >= 15 is 0 Å². The molecule has 1 rings (SSSR count). The lowest BCUT2D eigenvalue weighted by molar-refractivity contribution is 0.414. The quantitative estimate of drug-likeness (QED) is 0.718. The lowest BCUT2D eigenvalue weighted by atomic mass is 10.0. The lowest BCUT2D eigenvalue weighted by Crippen LogP contribution is -2.08. The van der Waals surface area contributed by atoms with E-state index < -0.39 is 0 Å². The fraction of sp³-hybridized carbons (Fsp3) is 0.273. The maximum Gasteiger partial charge on any atom is 0.119 e. The second kappa shape index (κ2) is 4.10. The SMILES string of the molecule is C=C[C@@H](N)c1ccc(OC)cc1C. The number of benzene rings is 1. The third kappa shape index (κ3) is 2.10. The highest BCUT2D eigenvalue weighted by Crippen LogP contribution is 2.21. The molecule has 2 N–H and O–H groups in total. The third-order valence-electron chi connectivity index (χ3n) is 2.09. The van der Waals surface area contributed by atoms with Crippen LogP contribution in [0.1, 0.15) is 17.2 Å². The molecule has 2 nitrogen and oxygen atoms in total. The van der Waals surface area contributed by atoms with Gasteiger partial charge in [0.1, 0.15) is 5.75 Å². The van der Waals surface area contributed by atoms with Crippen LogP contribution in [0.15, 0.2) is 30.9 Å². The average Bonchev–Trinajstić information content (AvgIpc) is 2.16. The van der Waals surface area contributed by atoms with Crippen LogP contribution < -0.4 is 10.5 Å². The fourth-order valence-corrected chi connectivity index (χ4v) is 1.28. The second-order valence-corrected chi connectivity index (χ2v) is 2.98. The van der Waals surface area contributed by atoms with Gasteiger partial charge in [-0.15, -0.1) is 6.58 Å². The molecule has 1 atom stereocenters. The van der Waals surface area contributed by atoms with E-state index in [0.29, 0.717) is 0 Å². The molecule has 0 saturated carbocycles. The average molecular weight is 177 g/mol. The molecule has 0 amide bonds. The maximum absolute atomic E-state index is 5.83. The number of ether oxygens (including phenoxy) is 1. The highest BCUT2D eigenvalue weighted by atomic mass is 16.5. The Morgan fingerprint density at radius 1 is 1.54 bits per heavy atom. The van der Waals surface area contributed by atoms with Gasteiger partial charge in [-0.1, -0.05) is 12.1 Å². The third-order valence-corrected chi connectivity index (χ3v) is 2.09. The Labute approximate surface area is 79.0 Å². The Morgan fingerprint density at radius 2 is 2.23 bits per heavy atom. The van der Waals surface area contributed by atoms with E-state index in [1.54, 1.807) is 13.2 Å². The lowest BCUT2D eigenvalue weighted by Gasteiger charge is -2.11. The van der Waals surface area contributed by atoms with E-state index in [4.69, 9.17) is 10.5 Å². The highest BCUT2D eigenvalue weighted by molar-refractivity contribution is 5.37. The Kier molecular flexibility index (Phi) is 3.09. The van der Waals surface area contributed by atoms with Gasteiger partial charge >= 0.3 is 0 Å². The van der Waals surface area contributed by atoms with Gasteiger partial charge in [-0.05, 0) is 30.2 Å². The van der Waals surface area contributed by atoms with Gasteiger partial charge in [0.2, 0.25) is 0 Å². The normalized spacial score (nSPS) is 12.2. The van der Waals surface area contributed by atoms with Crippen LogP contribution in [0.25, 0.3) is 0 Å². The standard InChI is InChI=1S/C11H15NO/c1-4-11(12)10-6-5-9(13-3)7-8(10)2/h4-7,11H,1,12H2,2-3H3/t11-/m1/s1. The molecule has 0 fully saturated rings. The summed E-state index contributed by atoms with van der Waals surface area (Å²) in [5, 5.41) is 0. The molecule has 0 bridgehead atoms. The van der Waals surface area contributed by atoms with Gasteiger partial charge in [0.25, 0.3) is 0 Å². The smallest absolute Gasteiger partial charge is 0.119 e. The first kappa shape index (κ1) is 9.81. The van der Waals surface area contributed by atoms with Crippen molar-refractivity contribution in [1.82, 2.24) is 0 Å². The number of methoxy groups -OCH3 is 1. The first-order valence-electron chi connectivity index (χ1n) is 4.21. The van der Waals surface area contributed by atoms with Gasteiger partial charge in [-0.3, -0.25) is 0 Å². The van der Waals surface area contributed by atoms with Crippen LogP contribution in [0.2, 0.25) is 0 Å². The molecule has 0 unspecified atom stereocenters. The molecule has 0 saturated heterocycles. The van der Waals surface area contributed by atoms with Crippen LogP contribution in [0.5, 0.6) is 5.75 Å². The summed E-state index contributed by atoms with van der Waals surface area (Å²) in [6.07, 6.45) is 1.73. The summed E-state index contributed by atoms with van der Waals surface area (Å²) in [5.41, 5.74) is 8.05. The minimum atomic E-state index is -0.0918. The minimum absolute atomic E-state index is 0.0918. The molecule has 0 radical (unpaired) electrons. The summed E-state index contributed by atoms with van der Waals surface area (Å²) in [6, 6.07) is 5.76. The van der Waals surface area contributed by atoms with Gasteiger partial charge in [0.15, 0.2) is 0 Å². The number of nitrogens with two attached hydrogens (primary N) is 1. The molecule has 1 aromatic carbocycles. The van der Waals surface area contributed by atoms with Crippen LogP contribution in [0.3, 0.4) is 0 Å². The number of rotatable bonds is 3. The van der Waals surface area contributed by atoms with Crippen molar-refractivity contribution >= 4 is 0 Å². The molecular weight excluding hydrogens is 162 g/mol. The van der Waals surface area contributed by atoms with E-state index in [0.717, 1.165) is 16.9 Å². The zero-order chi connectivity index (χ0) is 9.84. The van der Waals surface area contributed by atoms with E-state index in [-0.39, 0.29) is 6.04 Å². The van der Waals surface area contributed by atoms with E-state index in [2.05, 4.69) is 6.58 Å². The van der Waals surface area contributed by atoms with Gasteiger partial charge in [0.05, 0.1) is 7.11 Å². The van der Waals surface area contributed by atoms with Crippen LogP contribution in [0.4, 0.5) is 0 Å². The molecule has 2 heteroatoms. The first-order valence-corrected chi connectivity index (χ1v) is 4.21. The molecular formula is C11H15NO. The largest absolute Gasteiger partial charge is 0.497 e. The minimum Gasteiger partial charge on any atom is -0.497 e. The van der Waals surface area contributed by atoms with E-state index in [9.17, 15) is 0 Å². The maximum atomic E-state index is 5.83. The summed E-state index contributed by atoms with van der Waals surface area (Å²) in [6.45, 7) is 5.68. The number of hydrogen-bond donors (Lipinski definition) is 1. The Bertz CT molecular complexity index is 307. The van der Waals surface area contributed by atoms with Crippen LogP contribution >= 0.6 is 0 Å². The summed E-state index contributed by atoms with van der Waals surface area (Å²) >= 11 is 0. The van der Waals surface area contributed by atoms with Crippen molar-refractivity contribution in [3.63, 3.8) is 0 Å². The number of aryl methyl sites for hydroxylation is 1. The molecule has 0 aliphatic heterocycles. The zero-order valence-electron chi connectivity index (χ0n) is 8.08. The molecule has 0 aliphatic carbocycles. The van der Waals surface area contributed by atoms with Crippen LogP contribution in [-0.4, -0.2) is 7.11 Å². The summed E-state index contributed by atoms with van der Waals surface area (Å²) in [7, 11) is 1.65. The number of hydrogen-bond acceptors (Lipinski definition) is 2. The Morgan fingerprint density at radius 3 is 2.69 bits per heavy atom. The molecule has 13 heavy (non-hydrogen) atoms. The van der Waals surface area contributed by atoms with Gasteiger partial charge in [0, 0.05) is 6.04 Å². The highest BCUT2D eigenvalue weighted by Gasteiger charge is 2.05. The topological polar surface area (TPSA) is 35.2 Å². The summed E-state index contributed by atoms with van der Waals surface area (Å²) < 4.78 is 5.10. The van der Waals surface area contributed by atoms with Crippen molar-refractivity contribution in [3.8, 4) is 5.75 Å². The summed E-state index contributed by atoms with van der Waals surface area (Å²) in [5.74, 6) is 0.859. The van der Waals surface area contributed by atoms with Crippen molar-refractivity contribution in [2.75, 3.05) is 7.11 Å². The van der Waals surface area contributed by atoms with E-state index in [1.165, 1.54) is 0 Å². The van der Waals surface area contributed by atoms with Crippen molar-refractivity contribution < 1.29 is 4.74 Å². The first-order chi connectivity index (χ1) is 6.19. The van der Waals surface area contributed by atoms with Crippen molar-refractivity contribution in [2.45, 2.75) is 13.0 Å². The van der Waals surface area contributed by atoms with Crippen LogP contribution in [0, 0.1) is 6.92 Å². The monoisotopic (exact) mass is 177 g/mol. The molecule has 0 aromatic heterocycles. The summed E-state index contributed by atoms with van der Waals surface area (Å²) in [4.78, 5) is 0. The zero-order valence-corrected chi connectivity index (χ0v) is 8.08. The predicted molar refractivity (Wildman–Crippen MR) is 54.9 cm³/mol. The molecule has 1 aromatic rings. The van der Waals surface area contributed by atoms with Gasteiger partial charge in [-0.2, -0.15) is 0 Å². The Balaban J connectivity index is 3.04. The van der Waals surface area contributed by atoms with Gasteiger partial charge in [-0.25, -0.2) is 0 Å². The molecule has 0 spiro atoms. The van der Waals surface area contributed by atoms with Crippen LogP contribution in [-0.2, 0) is 0 Å². The second-order valence-electron chi connectivity index (χ2n) is 2.98. The molecule has 0 heterocycles.